The Bertz CT molecular complexity index is 444. The van der Waals surface area contributed by atoms with Crippen molar-refractivity contribution < 1.29 is 23.4 Å². The summed E-state index contributed by atoms with van der Waals surface area (Å²) in [6.07, 6.45) is 3.74. The molecular weight excluding hydrogens is 282 g/mol. The van der Waals surface area contributed by atoms with E-state index < -0.39 is 22.0 Å². The zero-order valence-electron chi connectivity index (χ0n) is 11.6. The second-order valence-electron chi connectivity index (χ2n) is 5.80. The van der Waals surface area contributed by atoms with Gasteiger partial charge in [-0.25, -0.2) is 8.42 Å². The van der Waals surface area contributed by atoms with Gasteiger partial charge in [0.05, 0.1) is 30.3 Å². The van der Waals surface area contributed by atoms with Crippen LogP contribution in [0.1, 0.15) is 32.1 Å². The Morgan fingerprint density at radius 1 is 1.15 bits per heavy atom. The number of carbonyl (C=O) groups excluding carboxylic acids is 1. The maximum atomic E-state index is 12.5. The van der Waals surface area contributed by atoms with E-state index in [9.17, 15) is 18.3 Å². The van der Waals surface area contributed by atoms with Crippen LogP contribution < -0.4 is 0 Å². The molecule has 0 unspecified atom stereocenters. The summed E-state index contributed by atoms with van der Waals surface area (Å²) in [5.41, 5.74) is 0. The Kier molecular flexibility index (Phi) is 5.04. The molecule has 0 aromatic rings. The molecule has 2 atom stereocenters. The summed E-state index contributed by atoms with van der Waals surface area (Å²) in [6, 6.07) is -0.707. The van der Waals surface area contributed by atoms with Crippen molar-refractivity contribution in [3.8, 4) is 0 Å². The number of aliphatic hydroxyl groups is 2. The van der Waals surface area contributed by atoms with E-state index in [1.165, 1.54) is 4.90 Å². The summed E-state index contributed by atoms with van der Waals surface area (Å²) in [5.74, 6) is -0.699. The first-order valence-electron chi connectivity index (χ1n) is 7.24. The predicted molar refractivity (Wildman–Crippen MR) is 73.8 cm³/mol. The van der Waals surface area contributed by atoms with Gasteiger partial charge in [-0.15, -0.1) is 0 Å². The first-order valence-corrected chi connectivity index (χ1v) is 9.06. The molecule has 2 aliphatic rings. The minimum Gasteiger partial charge on any atom is -0.395 e. The van der Waals surface area contributed by atoms with Crippen LogP contribution in [0.2, 0.25) is 0 Å². The minimum absolute atomic E-state index is 0.0899. The van der Waals surface area contributed by atoms with Gasteiger partial charge in [-0.05, 0) is 12.8 Å². The quantitative estimate of drug-likeness (QED) is 0.733. The molecule has 1 aliphatic carbocycles. The molecule has 1 aliphatic heterocycles. The Morgan fingerprint density at radius 2 is 1.80 bits per heavy atom. The van der Waals surface area contributed by atoms with Gasteiger partial charge < -0.3 is 15.1 Å². The van der Waals surface area contributed by atoms with Gasteiger partial charge in [0.1, 0.15) is 0 Å². The normalized spacial score (nSPS) is 30.3. The fourth-order valence-electron chi connectivity index (χ4n) is 3.24. The van der Waals surface area contributed by atoms with Gasteiger partial charge in [-0.2, -0.15) is 0 Å². The summed E-state index contributed by atoms with van der Waals surface area (Å²) in [4.78, 5) is 13.9. The lowest BCUT2D eigenvalue weighted by Gasteiger charge is -2.34. The number of rotatable bonds is 4. The zero-order valence-corrected chi connectivity index (χ0v) is 12.4. The van der Waals surface area contributed by atoms with E-state index in [1.54, 1.807) is 0 Å². The van der Waals surface area contributed by atoms with E-state index in [0.29, 0.717) is 0 Å². The zero-order chi connectivity index (χ0) is 14.8. The molecule has 1 heterocycles. The molecule has 2 rings (SSSR count). The van der Waals surface area contributed by atoms with Crippen LogP contribution in [0.4, 0.5) is 0 Å². The van der Waals surface area contributed by atoms with E-state index in [1.807, 2.05) is 0 Å². The molecular formula is C13H23NO5S. The highest BCUT2D eigenvalue weighted by Crippen LogP contribution is 2.28. The molecule has 2 fully saturated rings. The van der Waals surface area contributed by atoms with E-state index >= 15 is 0 Å². The van der Waals surface area contributed by atoms with Crippen molar-refractivity contribution >= 4 is 15.7 Å². The summed E-state index contributed by atoms with van der Waals surface area (Å²) in [7, 11) is -3.30. The molecule has 6 nitrogen and oxygen atoms in total. The monoisotopic (exact) mass is 305 g/mol. The van der Waals surface area contributed by atoms with Crippen molar-refractivity contribution in [1.29, 1.82) is 0 Å². The van der Waals surface area contributed by atoms with E-state index in [0.717, 1.165) is 32.1 Å². The second kappa shape index (κ2) is 6.41. The smallest absolute Gasteiger partial charge is 0.226 e. The second-order valence-corrected chi connectivity index (χ2v) is 7.96. The molecule has 1 saturated heterocycles. The Morgan fingerprint density at radius 3 is 2.30 bits per heavy atom. The lowest BCUT2D eigenvalue weighted by molar-refractivity contribution is -0.141. The van der Waals surface area contributed by atoms with Crippen LogP contribution in [0.25, 0.3) is 0 Å². The van der Waals surface area contributed by atoms with Crippen molar-refractivity contribution in [3.63, 3.8) is 0 Å². The Labute approximate surface area is 119 Å². The fraction of sp³-hybridized carbons (Fsp3) is 0.923. The van der Waals surface area contributed by atoms with Crippen LogP contribution in [0.3, 0.4) is 0 Å². The van der Waals surface area contributed by atoms with Crippen molar-refractivity contribution in [3.05, 3.63) is 0 Å². The van der Waals surface area contributed by atoms with E-state index in [4.69, 9.17) is 5.11 Å². The maximum absolute atomic E-state index is 12.5. The summed E-state index contributed by atoms with van der Waals surface area (Å²) in [6.45, 7) is -0.131. The van der Waals surface area contributed by atoms with Crippen molar-refractivity contribution in [1.82, 2.24) is 4.90 Å². The van der Waals surface area contributed by atoms with Gasteiger partial charge in [0.2, 0.25) is 5.91 Å². The number of hydrogen-bond acceptors (Lipinski definition) is 5. The third kappa shape index (κ3) is 3.51. The third-order valence-corrected chi connectivity index (χ3v) is 5.97. The molecule has 20 heavy (non-hydrogen) atoms. The van der Waals surface area contributed by atoms with Crippen LogP contribution in [-0.2, 0) is 14.6 Å². The van der Waals surface area contributed by atoms with Crippen molar-refractivity contribution in [2.45, 2.75) is 44.2 Å². The average Bonchev–Trinajstić information content (AvgIpc) is 2.69. The lowest BCUT2D eigenvalue weighted by Crippen LogP contribution is -2.50. The summed E-state index contributed by atoms with van der Waals surface area (Å²) < 4.78 is 23.2. The van der Waals surface area contributed by atoms with Gasteiger partial charge >= 0.3 is 0 Å². The molecule has 0 radical (unpaired) electrons. The highest BCUT2D eigenvalue weighted by Gasteiger charge is 2.42. The first kappa shape index (κ1) is 15.7. The SMILES string of the molecule is O=C(C1CCCCC1)N(CCO)[C@H]1CS(=O)(=O)C[C@H]1O. The summed E-state index contributed by atoms with van der Waals surface area (Å²) >= 11 is 0. The molecule has 0 spiro atoms. The van der Waals surface area contributed by atoms with Crippen LogP contribution >= 0.6 is 0 Å². The molecule has 0 bridgehead atoms. The number of amides is 1. The first-order chi connectivity index (χ1) is 9.44. The van der Waals surface area contributed by atoms with Crippen LogP contribution in [0.5, 0.6) is 0 Å². The lowest BCUT2D eigenvalue weighted by atomic mass is 9.88. The Hall–Kier alpha value is -0.660. The van der Waals surface area contributed by atoms with Crippen molar-refractivity contribution in [2.24, 2.45) is 5.92 Å². The number of hydrogen-bond donors (Lipinski definition) is 2. The molecule has 7 heteroatoms. The number of sulfone groups is 1. The van der Waals surface area contributed by atoms with Crippen LogP contribution in [-0.4, -0.2) is 66.2 Å². The van der Waals surface area contributed by atoms with Gasteiger partial charge in [0.15, 0.2) is 9.84 Å². The van der Waals surface area contributed by atoms with E-state index in [2.05, 4.69) is 0 Å². The van der Waals surface area contributed by atoms with Gasteiger partial charge in [0.25, 0.3) is 0 Å². The standard InChI is InChI=1S/C13H23NO5S/c15-7-6-14(11-8-20(18,19)9-12(11)16)13(17)10-4-2-1-3-5-10/h10-12,15-16H,1-9H2/t11-,12+/m0/s1. The fourth-order valence-corrected chi connectivity index (χ4v) is 5.04. The molecule has 1 saturated carbocycles. The summed E-state index contributed by atoms with van der Waals surface area (Å²) in [5, 5.41) is 19.0. The molecule has 2 N–H and O–H groups in total. The molecule has 116 valence electrons. The van der Waals surface area contributed by atoms with Crippen LogP contribution in [0.15, 0.2) is 0 Å². The number of carbonyl (C=O) groups is 1. The third-order valence-electron chi connectivity index (χ3n) is 4.27. The highest BCUT2D eigenvalue weighted by atomic mass is 32.2. The largest absolute Gasteiger partial charge is 0.395 e. The molecule has 1 amide bonds. The topological polar surface area (TPSA) is 94.9 Å². The molecule has 0 aromatic carbocycles. The van der Waals surface area contributed by atoms with Crippen LogP contribution in [0, 0.1) is 5.92 Å². The van der Waals surface area contributed by atoms with E-state index in [-0.39, 0.29) is 36.5 Å². The molecule has 0 aromatic heterocycles. The minimum atomic E-state index is -3.30. The van der Waals surface area contributed by atoms with Gasteiger partial charge in [-0.3, -0.25) is 4.79 Å². The number of nitrogens with zero attached hydrogens (tertiary/aromatic N) is 1. The maximum Gasteiger partial charge on any atom is 0.226 e. The van der Waals surface area contributed by atoms with Gasteiger partial charge in [-0.1, -0.05) is 19.3 Å². The number of aliphatic hydroxyl groups excluding tert-OH is 2. The predicted octanol–water partition coefficient (Wildman–Crippen LogP) is -0.454. The van der Waals surface area contributed by atoms with Crippen molar-refractivity contribution in [2.75, 3.05) is 24.7 Å². The average molecular weight is 305 g/mol. The highest BCUT2D eigenvalue weighted by molar-refractivity contribution is 7.91. The Balaban J connectivity index is 2.11. The van der Waals surface area contributed by atoms with Gasteiger partial charge in [0, 0.05) is 12.5 Å².